The normalized spacial score (nSPS) is 19.6. The predicted octanol–water partition coefficient (Wildman–Crippen LogP) is 3.35. The van der Waals surface area contributed by atoms with Crippen molar-refractivity contribution in [3.63, 3.8) is 0 Å². The van der Waals surface area contributed by atoms with Crippen molar-refractivity contribution in [2.75, 3.05) is 5.75 Å². The fraction of sp³-hybridized carbons (Fsp3) is 1.00. The zero-order chi connectivity index (χ0) is 8.44. The van der Waals surface area contributed by atoms with E-state index in [1.54, 1.807) is 0 Å². The number of thiol groups is 1. The molecule has 0 heterocycles. The molecule has 0 N–H and O–H groups in total. The van der Waals surface area contributed by atoms with Gasteiger partial charge in [0, 0.05) is 0 Å². The second kappa shape index (κ2) is 2.56. The van der Waals surface area contributed by atoms with Crippen molar-refractivity contribution < 1.29 is 19.9 Å². The first-order chi connectivity index (χ1) is 4.21. The number of hydrogen-bond donors (Lipinski definition) is 1. The highest BCUT2D eigenvalue weighted by Gasteiger charge is 2.39. The molecule has 0 rings (SSSR count). The molecule has 0 amide bonds. The van der Waals surface area contributed by atoms with Crippen molar-refractivity contribution in [1.29, 1.82) is 0 Å². The van der Waals surface area contributed by atoms with Crippen LogP contribution >= 0.6 is 10.7 Å². The van der Waals surface area contributed by atoms with E-state index in [1.165, 1.54) is 6.92 Å². The number of halogens is 5. The smallest absolute Gasteiger partial charge is 0.159 e. The van der Waals surface area contributed by atoms with Gasteiger partial charge in [0.25, 0.3) is 0 Å². The summed E-state index contributed by atoms with van der Waals surface area (Å²) in [6, 6.07) is 0. The van der Waals surface area contributed by atoms with Gasteiger partial charge in [0.05, 0.1) is 5.75 Å². The molecule has 0 aromatic heterocycles. The van der Waals surface area contributed by atoms with Crippen molar-refractivity contribution in [2.24, 2.45) is 0 Å². The van der Waals surface area contributed by atoms with E-state index in [1.807, 2.05) is 0 Å². The number of alkyl halides is 1. The molecule has 66 valence electrons. The molecular weight excluding hydrogens is 175 g/mol. The maximum Gasteiger partial charge on any atom is 0.159 e. The largest absolute Gasteiger partial charge is 0.246 e. The van der Waals surface area contributed by atoms with Crippen LogP contribution in [-0.4, -0.2) is 11.9 Å². The van der Waals surface area contributed by atoms with Crippen LogP contribution in [0.1, 0.15) is 13.3 Å². The van der Waals surface area contributed by atoms with Gasteiger partial charge < -0.3 is 0 Å². The molecule has 0 aliphatic heterocycles. The van der Waals surface area contributed by atoms with Gasteiger partial charge in [-0.2, -0.15) is 0 Å². The first-order valence-electron chi connectivity index (χ1n) is 2.73. The summed E-state index contributed by atoms with van der Waals surface area (Å²) in [6.07, 6.45) is -2.37. The van der Waals surface area contributed by atoms with Crippen LogP contribution in [0, 0.1) is 0 Å². The Morgan fingerprint density at radius 1 is 1.20 bits per heavy atom. The van der Waals surface area contributed by atoms with Gasteiger partial charge in [0.15, 0.2) is 10.7 Å². The molecule has 1 atom stereocenters. The predicted molar refractivity (Wildman–Crippen MR) is 33.5 cm³/mol. The fourth-order valence-electron chi connectivity index (χ4n) is 0.429. The summed E-state index contributed by atoms with van der Waals surface area (Å²) < 4.78 is 57.6. The average Bonchev–Trinajstić information content (AvgIpc) is 1.59. The summed E-state index contributed by atoms with van der Waals surface area (Å²) in [5, 5.41) is 0. The topological polar surface area (TPSA) is 0 Å². The number of rotatable bonds is 3. The molecule has 1 unspecified atom stereocenters. The molecule has 0 bridgehead atoms. The minimum atomic E-state index is -7.57. The molecule has 0 aliphatic rings. The van der Waals surface area contributed by atoms with Crippen molar-refractivity contribution in [3.05, 3.63) is 0 Å². The van der Waals surface area contributed by atoms with Crippen LogP contribution in [-0.2, 0) is 0 Å². The van der Waals surface area contributed by atoms with Gasteiger partial charge in [0.1, 0.15) is 6.17 Å². The monoisotopic (exact) mass is 184 g/mol. The molecule has 0 aliphatic carbocycles. The maximum atomic E-state index is 11.9. The van der Waals surface area contributed by atoms with E-state index < -0.39 is 22.6 Å². The second-order valence-corrected chi connectivity index (χ2v) is 4.14. The summed E-state index contributed by atoms with van der Waals surface area (Å²) in [6.45, 7) is 1.24. The molecular formula is C4H9F5S. The Balaban J connectivity index is 3.90. The summed E-state index contributed by atoms with van der Waals surface area (Å²) in [4.78, 5) is 0. The van der Waals surface area contributed by atoms with E-state index in [0.29, 0.717) is 0 Å². The van der Waals surface area contributed by atoms with Crippen LogP contribution in [0.5, 0.6) is 0 Å². The summed E-state index contributed by atoms with van der Waals surface area (Å²) in [7, 11) is -7.57. The molecule has 0 aromatic rings. The van der Waals surface area contributed by atoms with Crippen molar-refractivity contribution in [1.82, 2.24) is 0 Å². The van der Waals surface area contributed by atoms with Crippen LogP contribution < -0.4 is 0 Å². The van der Waals surface area contributed by atoms with E-state index in [0.717, 1.165) is 0 Å². The molecule has 0 spiro atoms. The van der Waals surface area contributed by atoms with Gasteiger partial charge in [-0.3, -0.25) is 0 Å². The lowest BCUT2D eigenvalue weighted by atomic mass is 10.3. The van der Waals surface area contributed by atoms with Crippen molar-refractivity contribution in [2.45, 2.75) is 19.5 Å². The average molecular weight is 184 g/mol. The third-order valence-corrected chi connectivity index (χ3v) is 1.87. The SMILES string of the molecule is CCC(F)C[SH](F)(F)(F)F. The number of hydrogen-bond acceptors (Lipinski definition) is 0. The standard InChI is InChI=1S/C4H9F5S/c1-2-4(5)3-10(6,7,8)9/h4,10H,2-3H2,1H3. The Labute approximate surface area is 56.9 Å². The molecule has 0 saturated carbocycles. The van der Waals surface area contributed by atoms with Crippen LogP contribution in [0.3, 0.4) is 0 Å². The molecule has 0 saturated heterocycles. The van der Waals surface area contributed by atoms with Gasteiger partial charge in [-0.15, -0.1) is 15.5 Å². The molecule has 10 heavy (non-hydrogen) atoms. The van der Waals surface area contributed by atoms with Gasteiger partial charge in [-0.05, 0) is 6.42 Å². The third-order valence-electron chi connectivity index (χ3n) is 0.917. The summed E-state index contributed by atoms with van der Waals surface area (Å²) in [5.41, 5.74) is 0. The third kappa shape index (κ3) is 6.12. The Hall–Kier alpha value is -0.0000000000000000555. The molecule has 0 fully saturated rings. The van der Waals surface area contributed by atoms with Gasteiger partial charge in [-0.1, -0.05) is 6.92 Å². The zero-order valence-corrected chi connectivity index (χ0v) is 6.22. The summed E-state index contributed by atoms with van der Waals surface area (Å²) in [5.74, 6) is -1.89. The first-order valence-corrected chi connectivity index (χ1v) is 4.72. The first kappa shape index (κ1) is 10.0. The molecule has 0 nitrogen and oxygen atoms in total. The minimum absolute atomic E-state index is 0.292. The van der Waals surface area contributed by atoms with E-state index in [2.05, 4.69) is 0 Å². The molecule has 6 heteroatoms. The highest BCUT2D eigenvalue weighted by atomic mass is 32.4. The van der Waals surface area contributed by atoms with Gasteiger partial charge >= 0.3 is 0 Å². The van der Waals surface area contributed by atoms with E-state index in [9.17, 15) is 19.9 Å². The lowest BCUT2D eigenvalue weighted by Crippen LogP contribution is -2.11. The lowest BCUT2D eigenvalue weighted by Gasteiger charge is -2.29. The Morgan fingerprint density at radius 3 is 1.70 bits per heavy atom. The van der Waals surface area contributed by atoms with Crippen molar-refractivity contribution in [3.8, 4) is 0 Å². The summed E-state index contributed by atoms with van der Waals surface area (Å²) >= 11 is 0. The Morgan fingerprint density at radius 2 is 1.60 bits per heavy atom. The zero-order valence-electron chi connectivity index (χ0n) is 5.33. The molecule has 0 aromatic carbocycles. The van der Waals surface area contributed by atoms with Crippen molar-refractivity contribution >= 4 is 10.7 Å². The van der Waals surface area contributed by atoms with Crippen LogP contribution in [0.2, 0.25) is 0 Å². The highest BCUT2D eigenvalue weighted by molar-refractivity contribution is 8.33. The van der Waals surface area contributed by atoms with E-state index >= 15 is 0 Å². The fourth-order valence-corrected chi connectivity index (χ4v) is 1.29. The van der Waals surface area contributed by atoms with E-state index in [-0.39, 0.29) is 6.42 Å². The second-order valence-electron chi connectivity index (χ2n) is 2.05. The van der Waals surface area contributed by atoms with Gasteiger partial charge in [0.2, 0.25) is 0 Å². The quantitative estimate of drug-likeness (QED) is 0.504. The van der Waals surface area contributed by atoms with Crippen LogP contribution in [0.4, 0.5) is 19.9 Å². The highest BCUT2D eigenvalue weighted by Crippen LogP contribution is 2.76. The maximum absolute atomic E-state index is 11.9. The van der Waals surface area contributed by atoms with E-state index in [4.69, 9.17) is 0 Å². The Bertz CT molecular complexity index is 107. The molecule has 0 radical (unpaired) electrons. The Kier molecular flexibility index (Phi) is 2.56. The minimum Gasteiger partial charge on any atom is -0.246 e. The van der Waals surface area contributed by atoms with Crippen LogP contribution in [0.25, 0.3) is 0 Å². The lowest BCUT2D eigenvalue weighted by molar-refractivity contribution is 0.337. The van der Waals surface area contributed by atoms with Crippen LogP contribution in [0.15, 0.2) is 0 Å². The van der Waals surface area contributed by atoms with Gasteiger partial charge in [-0.25, -0.2) is 4.39 Å².